The van der Waals surface area contributed by atoms with E-state index in [0.717, 1.165) is 18.5 Å². The molecule has 0 spiro atoms. The van der Waals surface area contributed by atoms with Crippen LogP contribution in [0.25, 0.3) is 0 Å². The van der Waals surface area contributed by atoms with Crippen LogP contribution in [0, 0.1) is 5.82 Å². The Morgan fingerprint density at radius 1 is 1.26 bits per heavy atom. The first kappa shape index (κ1) is 15.6. The number of rotatable bonds is 5. The summed E-state index contributed by atoms with van der Waals surface area (Å²) in [6.45, 7) is 1.08. The van der Waals surface area contributed by atoms with E-state index < -0.39 is 0 Å². The highest BCUT2D eigenvalue weighted by molar-refractivity contribution is 5.93. The van der Waals surface area contributed by atoms with E-state index in [9.17, 15) is 9.18 Å². The van der Waals surface area contributed by atoms with Crippen molar-refractivity contribution in [3.63, 3.8) is 0 Å². The van der Waals surface area contributed by atoms with Gasteiger partial charge in [0.1, 0.15) is 5.82 Å². The van der Waals surface area contributed by atoms with E-state index in [1.165, 1.54) is 12.1 Å². The van der Waals surface area contributed by atoms with Gasteiger partial charge in [0, 0.05) is 18.5 Å². The summed E-state index contributed by atoms with van der Waals surface area (Å²) in [5, 5.41) is 0. The number of nitrogens with zero attached hydrogens (tertiary/aromatic N) is 2. The van der Waals surface area contributed by atoms with Gasteiger partial charge in [0.2, 0.25) is 5.91 Å². The number of benzene rings is 1. The first-order chi connectivity index (χ1) is 11.2. The van der Waals surface area contributed by atoms with E-state index in [0.29, 0.717) is 25.3 Å². The van der Waals surface area contributed by atoms with Crippen molar-refractivity contribution >= 4 is 11.6 Å². The van der Waals surface area contributed by atoms with Gasteiger partial charge in [-0.1, -0.05) is 6.07 Å². The lowest BCUT2D eigenvalue weighted by Crippen LogP contribution is -2.33. The van der Waals surface area contributed by atoms with Crippen molar-refractivity contribution in [3.8, 4) is 0 Å². The van der Waals surface area contributed by atoms with Crippen molar-refractivity contribution in [1.82, 2.24) is 4.98 Å². The van der Waals surface area contributed by atoms with Crippen LogP contribution < -0.4 is 4.90 Å². The topological polar surface area (TPSA) is 42.4 Å². The minimum absolute atomic E-state index is 0.0193. The van der Waals surface area contributed by atoms with E-state index in [4.69, 9.17) is 4.74 Å². The molecule has 0 saturated carbocycles. The van der Waals surface area contributed by atoms with E-state index in [1.54, 1.807) is 23.2 Å². The Bertz CT molecular complexity index is 640. The fraction of sp³-hybridized carbons (Fsp3) is 0.333. The molecular weight excluding hydrogens is 295 g/mol. The van der Waals surface area contributed by atoms with E-state index >= 15 is 0 Å². The summed E-state index contributed by atoms with van der Waals surface area (Å²) in [6, 6.07) is 11.5. The predicted octanol–water partition coefficient (Wildman–Crippen LogP) is 3.32. The summed E-state index contributed by atoms with van der Waals surface area (Å²) in [5.41, 5.74) is 1.46. The number of anilines is 1. The number of aromatic nitrogens is 1. The van der Waals surface area contributed by atoms with Gasteiger partial charge in [-0.25, -0.2) is 4.39 Å². The second-order valence-corrected chi connectivity index (χ2v) is 5.62. The summed E-state index contributed by atoms with van der Waals surface area (Å²) >= 11 is 0. The molecule has 1 saturated heterocycles. The van der Waals surface area contributed by atoms with Crippen LogP contribution in [0.2, 0.25) is 0 Å². The van der Waals surface area contributed by atoms with Crippen LogP contribution >= 0.6 is 0 Å². The molecule has 1 atom stereocenters. The predicted molar refractivity (Wildman–Crippen MR) is 85.4 cm³/mol. The zero-order valence-corrected chi connectivity index (χ0v) is 12.8. The molecular formula is C18H19FN2O2. The standard InChI is InChI=1S/C18H19FN2O2/c19-14-6-8-16(9-7-14)21(13-15-4-1-2-10-20-15)18(22)12-17-5-3-11-23-17/h1-2,4,6-10,17H,3,5,11-13H2/t17-/m0/s1. The zero-order valence-electron chi connectivity index (χ0n) is 12.8. The summed E-state index contributed by atoms with van der Waals surface area (Å²) in [6.07, 6.45) is 3.92. The van der Waals surface area contributed by atoms with Gasteiger partial charge in [-0.3, -0.25) is 9.78 Å². The molecule has 0 aliphatic carbocycles. The van der Waals surface area contributed by atoms with Crippen molar-refractivity contribution in [2.45, 2.75) is 31.9 Å². The average Bonchev–Trinajstić information content (AvgIpc) is 3.07. The molecule has 1 aromatic heterocycles. The fourth-order valence-corrected chi connectivity index (χ4v) is 2.71. The van der Waals surface area contributed by atoms with Gasteiger partial charge in [0.15, 0.2) is 0 Å². The molecule has 1 fully saturated rings. The highest BCUT2D eigenvalue weighted by atomic mass is 19.1. The number of pyridine rings is 1. The van der Waals surface area contributed by atoms with Gasteiger partial charge in [0.05, 0.1) is 24.8 Å². The van der Waals surface area contributed by atoms with Crippen LogP contribution in [0.5, 0.6) is 0 Å². The van der Waals surface area contributed by atoms with Crippen molar-refractivity contribution < 1.29 is 13.9 Å². The Labute approximate surface area is 134 Å². The van der Waals surface area contributed by atoms with Crippen LogP contribution in [0.15, 0.2) is 48.7 Å². The maximum Gasteiger partial charge on any atom is 0.229 e. The maximum atomic E-state index is 13.2. The van der Waals surface area contributed by atoms with Gasteiger partial charge in [-0.2, -0.15) is 0 Å². The molecule has 1 aliphatic heterocycles. The largest absolute Gasteiger partial charge is 0.378 e. The Morgan fingerprint density at radius 3 is 2.74 bits per heavy atom. The monoisotopic (exact) mass is 314 g/mol. The lowest BCUT2D eigenvalue weighted by atomic mass is 10.1. The number of ether oxygens (including phenoxy) is 1. The SMILES string of the molecule is O=C(C[C@@H]1CCCO1)N(Cc1ccccn1)c1ccc(F)cc1. The highest BCUT2D eigenvalue weighted by Gasteiger charge is 2.24. The number of carbonyl (C=O) groups excluding carboxylic acids is 1. The molecule has 0 radical (unpaired) electrons. The van der Waals surface area contributed by atoms with Crippen LogP contribution in [0.3, 0.4) is 0 Å². The summed E-state index contributed by atoms with van der Waals surface area (Å²) in [4.78, 5) is 18.6. The molecule has 23 heavy (non-hydrogen) atoms. The van der Waals surface area contributed by atoms with Crippen molar-refractivity contribution in [1.29, 1.82) is 0 Å². The number of hydrogen-bond acceptors (Lipinski definition) is 3. The van der Waals surface area contributed by atoms with Gasteiger partial charge >= 0.3 is 0 Å². The van der Waals surface area contributed by atoms with Crippen LogP contribution in [0.1, 0.15) is 25.0 Å². The normalized spacial score (nSPS) is 17.2. The molecule has 3 rings (SSSR count). The molecule has 120 valence electrons. The molecule has 2 aromatic rings. The van der Waals surface area contributed by atoms with Crippen LogP contribution in [-0.2, 0) is 16.1 Å². The minimum Gasteiger partial charge on any atom is -0.378 e. The lowest BCUT2D eigenvalue weighted by molar-refractivity contribution is -0.120. The quantitative estimate of drug-likeness (QED) is 0.850. The zero-order chi connectivity index (χ0) is 16.1. The number of carbonyl (C=O) groups is 1. The van der Waals surface area contributed by atoms with Gasteiger partial charge in [0.25, 0.3) is 0 Å². The van der Waals surface area contributed by atoms with Crippen molar-refractivity contribution in [2.75, 3.05) is 11.5 Å². The Balaban J connectivity index is 1.79. The highest BCUT2D eigenvalue weighted by Crippen LogP contribution is 2.22. The fourth-order valence-electron chi connectivity index (χ4n) is 2.71. The molecule has 1 aromatic carbocycles. The van der Waals surface area contributed by atoms with Gasteiger partial charge < -0.3 is 9.64 Å². The van der Waals surface area contributed by atoms with Crippen LogP contribution in [-0.4, -0.2) is 23.6 Å². The van der Waals surface area contributed by atoms with Gasteiger partial charge in [-0.05, 0) is 49.2 Å². The summed E-state index contributed by atoms with van der Waals surface area (Å²) in [7, 11) is 0. The van der Waals surface area contributed by atoms with E-state index in [2.05, 4.69) is 4.98 Å². The molecule has 0 unspecified atom stereocenters. The third-order valence-corrected chi connectivity index (χ3v) is 3.91. The molecule has 5 heteroatoms. The maximum absolute atomic E-state index is 13.2. The Hall–Kier alpha value is -2.27. The third-order valence-electron chi connectivity index (χ3n) is 3.91. The minimum atomic E-state index is -0.321. The Morgan fingerprint density at radius 2 is 2.09 bits per heavy atom. The molecule has 0 N–H and O–H groups in total. The second-order valence-electron chi connectivity index (χ2n) is 5.62. The molecule has 4 nitrogen and oxygen atoms in total. The first-order valence-corrected chi connectivity index (χ1v) is 7.80. The molecule has 1 amide bonds. The lowest BCUT2D eigenvalue weighted by Gasteiger charge is -2.24. The summed E-state index contributed by atoms with van der Waals surface area (Å²) in [5.74, 6) is -0.354. The second kappa shape index (κ2) is 7.33. The number of amides is 1. The third kappa shape index (κ3) is 4.13. The van der Waals surface area contributed by atoms with E-state index in [1.807, 2.05) is 18.2 Å². The molecule has 0 bridgehead atoms. The smallest absolute Gasteiger partial charge is 0.229 e. The Kier molecular flexibility index (Phi) is 4.98. The van der Waals surface area contributed by atoms with Crippen molar-refractivity contribution in [3.05, 3.63) is 60.2 Å². The number of halogens is 1. The van der Waals surface area contributed by atoms with E-state index in [-0.39, 0.29) is 17.8 Å². The van der Waals surface area contributed by atoms with Gasteiger partial charge in [-0.15, -0.1) is 0 Å². The first-order valence-electron chi connectivity index (χ1n) is 7.80. The average molecular weight is 314 g/mol. The molecule has 2 heterocycles. The number of hydrogen-bond donors (Lipinski definition) is 0. The summed E-state index contributed by atoms with van der Waals surface area (Å²) < 4.78 is 18.7. The van der Waals surface area contributed by atoms with Crippen LogP contribution in [0.4, 0.5) is 10.1 Å². The van der Waals surface area contributed by atoms with Crippen molar-refractivity contribution in [2.24, 2.45) is 0 Å². The molecule has 1 aliphatic rings.